The van der Waals surface area contributed by atoms with Crippen LogP contribution in [0.2, 0.25) is 0 Å². The van der Waals surface area contributed by atoms with Crippen molar-refractivity contribution >= 4 is 23.0 Å². The van der Waals surface area contributed by atoms with Gasteiger partial charge < -0.3 is 5.32 Å². The van der Waals surface area contributed by atoms with Crippen molar-refractivity contribution in [2.45, 2.75) is 6.04 Å². The molecule has 10 heteroatoms. The Morgan fingerprint density at radius 3 is 2.81 bits per heavy atom. The van der Waals surface area contributed by atoms with Crippen LogP contribution in [0.1, 0.15) is 17.2 Å². The monoisotopic (exact) mass is 367 g/mol. The number of tetrazole rings is 1. The number of aromatic amines is 1. The second-order valence-corrected chi connectivity index (χ2v) is 6.64. The van der Waals surface area contributed by atoms with Gasteiger partial charge in [0, 0.05) is 5.56 Å². The fraction of sp³-hybridized carbons (Fsp3) is 0.0625. The molecule has 1 atom stereocenters. The van der Waals surface area contributed by atoms with E-state index in [-0.39, 0.29) is 11.4 Å². The van der Waals surface area contributed by atoms with E-state index in [1.165, 1.54) is 23.5 Å². The van der Waals surface area contributed by atoms with E-state index in [1.54, 1.807) is 16.8 Å². The molecule has 0 saturated heterocycles. The molecule has 26 heavy (non-hydrogen) atoms. The van der Waals surface area contributed by atoms with Crippen molar-refractivity contribution in [1.29, 1.82) is 0 Å². The molecule has 2 N–H and O–H groups in total. The van der Waals surface area contributed by atoms with Crippen molar-refractivity contribution in [3.8, 4) is 10.6 Å². The van der Waals surface area contributed by atoms with Gasteiger partial charge in [0.05, 0.1) is 4.88 Å². The Bertz CT molecular complexity index is 1150. The molecule has 1 aromatic carbocycles. The average Bonchev–Trinajstić information content (AvgIpc) is 3.33. The number of thiophene rings is 1. The van der Waals surface area contributed by atoms with Crippen molar-refractivity contribution < 1.29 is 4.39 Å². The molecule has 5 rings (SSSR count). The topological polar surface area (TPSA) is 101 Å². The number of hydrogen-bond acceptors (Lipinski definition) is 7. The first kappa shape index (κ1) is 14.9. The summed E-state index contributed by atoms with van der Waals surface area (Å²) in [5.74, 6) is -0.0111. The van der Waals surface area contributed by atoms with Gasteiger partial charge in [-0.05, 0) is 39.6 Å². The maximum atomic E-state index is 13.4. The number of halogens is 1. The Hall–Kier alpha value is -3.40. The molecule has 8 nitrogen and oxygen atoms in total. The first-order valence-electron chi connectivity index (χ1n) is 7.69. The largest absolute Gasteiger partial charge is 0.318 e. The first-order valence-corrected chi connectivity index (χ1v) is 8.57. The van der Waals surface area contributed by atoms with E-state index in [0.29, 0.717) is 22.9 Å². The Kier molecular flexibility index (Phi) is 3.19. The van der Waals surface area contributed by atoms with E-state index >= 15 is 0 Å². The SMILES string of the molecule is O=c1[nH]nc(-c2cccs2)c2c1Nc1nnnn1[C@H]2c1ccc(F)cc1. The van der Waals surface area contributed by atoms with Crippen LogP contribution in [0.5, 0.6) is 0 Å². The molecule has 3 aromatic heterocycles. The molecule has 0 aliphatic carbocycles. The Morgan fingerprint density at radius 2 is 2.04 bits per heavy atom. The van der Waals surface area contributed by atoms with Gasteiger partial charge in [-0.3, -0.25) is 4.79 Å². The van der Waals surface area contributed by atoms with Gasteiger partial charge in [-0.2, -0.15) is 9.78 Å². The van der Waals surface area contributed by atoms with Gasteiger partial charge in [-0.1, -0.05) is 23.3 Å². The molecular formula is C16H10FN7OS. The van der Waals surface area contributed by atoms with E-state index in [9.17, 15) is 9.18 Å². The van der Waals surface area contributed by atoms with Gasteiger partial charge in [-0.25, -0.2) is 9.49 Å². The van der Waals surface area contributed by atoms with E-state index in [1.807, 2.05) is 17.5 Å². The van der Waals surface area contributed by atoms with Crippen LogP contribution >= 0.6 is 11.3 Å². The van der Waals surface area contributed by atoms with Gasteiger partial charge in [-0.15, -0.1) is 11.3 Å². The lowest BCUT2D eigenvalue weighted by molar-refractivity contribution is 0.565. The highest BCUT2D eigenvalue weighted by atomic mass is 32.1. The van der Waals surface area contributed by atoms with Gasteiger partial charge in [0.25, 0.3) is 5.56 Å². The predicted octanol–water partition coefficient (Wildman–Crippen LogP) is 2.32. The molecule has 0 fully saturated rings. The average molecular weight is 367 g/mol. The maximum absolute atomic E-state index is 13.4. The number of nitrogens with zero attached hydrogens (tertiary/aromatic N) is 5. The van der Waals surface area contributed by atoms with Crippen LogP contribution in [0.4, 0.5) is 16.0 Å². The normalized spacial score (nSPS) is 15.2. The van der Waals surface area contributed by atoms with Gasteiger partial charge in [0.1, 0.15) is 23.2 Å². The summed E-state index contributed by atoms with van der Waals surface area (Å²) in [7, 11) is 0. The Morgan fingerprint density at radius 1 is 1.19 bits per heavy atom. The molecule has 128 valence electrons. The summed E-state index contributed by atoms with van der Waals surface area (Å²) >= 11 is 1.50. The molecule has 0 spiro atoms. The third kappa shape index (κ3) is 2.15. The third-order valence-corrected chi connectivity index (χ3v) is 5.09. The molecule has 0 unspecified atom stereocenters. The van der Waals surface area contributed by atoms with E-state index in [2.05, 4.69) is 31.0 Å². The molecule has 1 aliphatic rings. The van der Waals surface area contributed by atoms with Gasteiger partial charge in [0.2, 0.25) is 5.95 Å². The molecule has 4 heterocycles. The molecule has 0 saturated carbocycles. The predicted molar refractivity (Wildman–Crippen MR) is 92.9 cm³/mol. The minimum Gasteiger partial charge on any atom is -0.318 e. The standard InChI is InChI=1S/C16H10FN7OS/c17-9-5-3-8(4-6-9)14-11-12(10-2-1-7-26-10)19-20-15(25)13(11)18-16-21-22-23-24(14)16/h1-7,14H,(H,20,25)(H,18,21,23)/t14-/m0/s1. The number of rotatable bonds is 2. The zero-order chi connectivity index (χ0) is 17.7. The number of nitrogens with one attached hydrogen (secondary N) is 2. The van der Waals surface area contributed by atoms with Crippen molar-refractivity contribution in [3.05, 3.63) is 69.1 Å². The van der Waals surface area contributed by atoms with E-state index in [0.717, 1.165) is 10.4 Å². The third-order valence-electron chi connectivity index (χ3n) is 4.21. The Labute approximate surface area is 149 Å². The molecule has 0 radical (unpaired) electrons. The highest BCUT2D eigenvalue weighted by molar-refractivity contribution is 7.13. The van der Waals surface area contributed by atoms with Crippen LogP contribution in [-0.2, 0) is 0 Å². The van der Waals surface area contributed by atoms with Crippen molar-refractivity contribution in [2.24, 2.45) is 0 Å². The number of aromatic nitrogens is 6. The van der Waals surface area contributed by atoms with Crippen LogP contribution < -0.4 is 10.9 Å². The lowest BCUT2D eigenvalue weighted by Crippen LogP contribution is -2.29. The second-order valence-electron chi connectivity index (χ2n) is 5.69. The van der Waals surface area contributed by atoms with Crippen LogP contribution in [0, 0.1) is 5.82 Å². The van der Waals surface area contributed by atoms with Crippen molar-refractivity contribution in [2.75, 3.05) is 5.32 Å². The summed E-state index contributed by atoms with van der Waals surface area (Å²) in [5, 5.41) is 23.4. The summed E-state index contributed by atoms with van der Waals surface area (Å²) in [6, 6.07) is 9.36. The van der Waals surface area contributed by atoms with E-state index < -0.39 is 6.04 Å². The maximum Gasteiger partial charge on any atom is 0.288 e. The summed E-state index contributed by atoms with van der Waals surface area (Å²) < 4.78 is 15.0. The summed E-state index contributed by atoms with van der Waals surface area (Å²) in [4.78, 5) is 13.3. The van der Waals surface area contributed by atoms with E-state index in [4.69, 9.17) is 0 Å². The fourth-order valence-corrected chi connectivity index (χ4v) is 3.82. The zero-order valence-electron chi connectivity index (χ0n) is 13.0. The second kappa shape index (κ2) is 5.56. The van der Waals surface area contributed by atoms with Crippen LogP contribution in [0.25, 0.3) is 10.6 Å². The quantitative estimate of drug-likeness (QED) is 0.497. The lowest BCUT2D eigenvalue weighted by atomic mass is 9.94. The van der Waals surface area contributed by atoms with Gasteiger partial charge in [0.15, 0.2) is 0 Å². The highest BCUT2D eigenvalue weighted by Crippen LogP contribution is 2.41. The summed E-state index contributed by atoms with van der Waals surface area (Å²) in [6.45, 7) is 0. The first-order chi connectivity index (χ1) is 12.7. The van der Waals surface area contributed by atoms with Crippen LogP contribution in [-0.4, -0.2) is 30.4 Å². The number of H-pyrrole nitrogens is 1. The van der Waals surface area contributed by atoms with Crippen LogP contribution in [0.15, 0.2) is 46.6 Å². The number of fused-ring (bicyclic) bond motifs is 2. The van der Waals surface area contributed by atoms with Crippen molar-refractivity contribution in [3.63, 3.8) is 0 Å². The molecular weight excluding hydrogens is 357 g/mol. The zero-order valence-corrected chi connectivity index (χ0v) is 13.9. The fourth-order valence-electron chi connectivity index (χ4n) is 3.09. The molecule has 0 amide bonds. The minimum absolute atomic E-state index is 0.333. The van der Waals surface area contributed by atoms with Crippen molar-refractivity contribution in [1.82, 2.24) is 30.4 Å². The molecule has 0 bridgehead atoms. The smallest absolute Gasteiger partial charge is 0.288 e. The highest BCUT2D eigenvalue weighted by Gasteiger charge is 2.34. The summed E-state index contributed by atoms with van der Waals surface area (Å²) in [6.07, 6.45) is 0. The van der Waals surface area contributed by atoms with Gasteiger partial charge >= 0.3 is 0 Å². The molecule has 4 aromatic rings. The number of anilines is 2. The number of hydrogen-bond donors (Lipinski definition) is 2. The van der Waals surface area contributed by atoms with Crippen LogP contribution in [0.3, 0.4) is 0 Å². The summed E-state index contributed by atoms with van der Waals surface area (Å²) in [5.41, 5.74) is 1.97. The Balaban J connectivity index is 1.83. The molecule has 1 aliphatic heterocycles. The minimum atomic E-state index is -0.510. The number of benzene rings is 1. The lowest BCUT2D eigenvalue weighted by Gasteiger charge is -2.27.